The Morgan fingerprint density at radius 1 is 0.976 bits per heavy atom. The third-order valence-corrected chi connectivity index (χ3v) is 9.81. The number of carbonyl (C=O) groups is 2. The van der Waals surface area contributed by atoms with Gasteiger partial charge in [0.1, 0.15) is 18.3 Å². The van der Waals surface area contributed by atoms with Gasteiger partial charge in [0.15, 0.2) is 0 Å². The zero-order chi connectivity index (χ0) is 30.1. The number of anilines is 1. The van der Waals surface area contributed by atoms with Gasteiger partial charge in [0.25, 0.3) is 10.0 Å². The Morgan fingerprint density at radius 3 is 2.36 bits per heavy atom. The molecule has 0 spiro atoms. The molecule has 42 heavy (non-hydrogen) atoms. The molecule has 0 radical (unpaired) electrons. The Hall–Kier alpha value is -3.37. The molecule has 0 saturated heterocycles. The van der Waals surface area contributed by atoms with Crippen molar-refractivity contribution in [2.24, 2.45) is 0 Å². The van der Waals surface area contributed by atoms with E-state index >= 15 is 0 Å². The van der Waals surface area contributed by atoms with E-state index in [9.17, 15) is 18.0 Å². The number of benzene rings is 3. The van der Waals surface area contributed by atoms with Crippen molar-refractivity contribution in [3.8, 4) is 5.75 Å². The number of nitrogens with zero attached hydrogens (tertiary/aromatic N) is 2. The van der Waals surface area contributed by atoms with Gasteiger partial charge in [-0.1, -0.05) is 78.5 Å². The van der Waals surface area contributed by atoms with E-state index in [1.54, 1.807) is 49.6 Å². The molecule has 0 heterocycles. The third-order valence-electron chi connectivity index (χ3n) is 7.53. The summed E-state index contributed by atoms with van der Waals surface area (Å²) in [4.78, 5) is 29.5. The summed E-state index contributed by atoms with van der Waals surface area (Å²) in [7, 11) is -2.55. The van der Waals surface area contributed by atoms with Crippen LogP contribution in [0.3, 0.4) is 0 Å². The number of rotatable bonds is 12. The molecule has 1 saturated carbocycles. The molecule has 1 atom stereocenters. The van der Waals surface area contributed by atoms with Crippen molar-refractivity contribution >= 4 is 43.5 Å². The van der Waals surface area contributed by atoms with Crippen molar-refractivity contribution in [3.05, 3.63) is 88.9 Å². The quantitative estimate of drug-likeness (QED) is 0.262. The molecule has 1 N–H and O–H groups in total. The SMILES string of the molecule is CC[C@H](C(=O)NC1CCCCC1)N(Cc1cccc(OC)c1)C(=O)CN(c1cccc(Br)c1)S(=O)(=O)c1ccccc1. The molecule has 0 aromatic heterocycles. The maximum absolute atomic E-state index is 14.2. The molecule has 0 unspecified atom stereocenters. The summed E-state index contributed by atoms with van der Waals surface area (Å²) in [6.45, 7) is 1.50. The molecule has 1 aliphatic rings. The van der Waals surface area contributed by atoms with Gasteiger partial charge in [0.2, 0.25) is 11.8 Å². The van der Waals surface area contributed by atoms with Crippen LogP contribution in [0.1, 0.15) is 51.0 Å². The van der Waals surface area contributed by atoms with Crippen molar-refractivity contribution < 1.29 is 22.7 Å². The lowest BCUT2D eigenvalue weighted by Crippen LogP contribution is -2.54. The lowest BCUT2D eigenvalue weighted by Gasteiger charge is -2.34. The normalized spacial score (nSPS) is 14.5. The van der Waals surface area contributed by atoms with Crippen LogP contribution in [0, 0.1) is 0 Å². The summed E-state index contributed by atoms with van der Waals surface area (Å²) in [5, 5.41) is 3.17. The van der Waals surface area contributed by atoms with Crippen LogP contribution in [0.5, 0.6) is 5.75 Å². The van der Waals surface area contributed by atoms with Crippen molar-refractivity contribution in [3.63, 3.8) is 0 Å². The average Bonchev–Trinajstić information content (AvgIpc) is 3.00. The minimum atomic E-state index is -4.11. The molecule has 3 aromatic rings. The molecular formula is C32H38BrN3O5S. The number of sulfonamides is 1. The second kappa shape index (κ2) is 14.7. The summed E-state index contributed by atoms with van der Waals surface area (Å²) < 4.78 is 35.0. The van der Waals surface area contributed by atoms with Crippen LogP contribution in [0.2, 0.25) is 0 Å². The molecule has 3 aromatic carbocycles. The molecule has 2 amide bonds. The summed E-state index contributed by atoms with van der Waals surface area (Å²) >= 11 is 3.43. The van der Waals surface area contributed by atoms with E-state index in [0.29, 0.717) is 22.3 Å². The van der Waals surface area contributed by atoms with E-state index in [0.717, 1.165) is 42.0 Å². The van der Waals surface area contributed by atoms with E-state index in [1.165, 1.54) is 17.0 Å². The standard InChI is InChI=1S/C32H38BrN3O5S/c1-3-30(32(38)34-26-14-6-4-7-15-26)35(22-24-12-10-17-28(20-24)41-2)31(37)23-36(27-16-11-13-25(33)21-27)42(39,40)29-18-8-5-9-19-29/h5,8-13,16-21,26,30H,3-4,6-7,14-15,22-23H2,1-2H3,(H,34,38)/t30-/m1/s1. The highest BCUT2D eigenvalue weighted by Gasteiger charge is 2.34. The Labute approximate surface area is 257 Å². The zero-order valence-electron chi connectivity index (χ0n) is 24.0. The number of nitrogens with one attached hydrogen (secondary N) is 1. The second-order valence-electron chi connectivity index (χ2n) is 10.4. The van der Waals surface area contributed by atoms with Crippen LogP contribution < -0.4 is 14.4 Å². The summed E-state index contributed by atoms with van der Waals surface area (Å²) in [5.74, 6) is -0.0782. The maximum Gasteiger partial charge on any atom is 0.264 e. The molecular weight excluding hydrogens is 618 g/mol. The number of hydrogen-bond acceptors (Lipinski definition) is 5. The topological polar surface area (TPSA) is 96.0 Å². The monoisotopic (exact) mass is 655 g/mol. The van der Waals surface area contributed by atoms with Crippen LogP contribution >= 0.6 is 15.9 Å². The zero-order valence-corrected chi connectivity index (χ0v) is 26.4. The first-order valence-corrected chi connectivity index (χ1v) is 16.5. The second-order valence-corrected chi connectivity index (χ2v) is 13.2. The Balaban J connectivity index is 1.71. The van der Waals surface area contributed by atoms with Gasteiger partial charge in [-0.25, -0.2) is 8.42 Å². The number of halogens is 1. The fraction of sp³-hybridized carbons (Fsp3) is 0.375. The highest BCUT2D eigenvalue weighted by Crippen LogP contribution is 2.27. The summed E-state index contributed by atoms with van der Waals surface area (Å²) in [6.07, 6.45) is 5.48. The first kappa shape index (κ1) is 31.6. The number of ether oxygens (including phenoxy) is 1. The molecule has 0 aliphatic heterocycles. The Morgan fingerprint density at radius 2 is 1.69 bits per heavy atom. The fourth-order valence-electron chi connectivity index (χ4n) is 5.31. The largest absolute Gasteiger partial charge is 0.497 e. The molecule has 0 bridgehead atoms. The van der Waals surface area contributed by atoms with Gasteiger partial charge in [-0.3, -0.25) is 13.9 Å². The van der Waals surface area contributed by atoms with Gasteiger partial charge in [-0.05, 0) is 67.3 Å². The van der Waals surface area contributed by atoms with E-state index in [1.807, 2.05) is 31.2 Å². The van der Waals surface area contributed by atoms with Gasteiger partial charge in [-0.15, -0.1) is 0 Å². The molecule has 10 heteroatoms. The van der Waals surface area contributed by atoms with Crippen LogP contribution in [-0.4, -0.2) is 50.9 Å². The van der Waals surface area contributed by atoms with Gasteiger partial charge >= 0.3 is 0 Å². The summed E-state index contributed by atoms with van der Waals surface area (Å²) in [5.41, 5.74) is 1.11. The number of methoxy groups -OCH3 is 1. The smallest absolute Gasteiger partial charge is 0.264 e. The Kier molecular flexibility index (Phi) is 11.0. The molecule has 224 valence electrons. The van der Waals surface area contributed by atoms with Crippen LogP contribution in [0.15, 0.2) is 88.2 Å². The van der Waals surface area contributed by atoms with Gasteiger partial charge in [-0.2, -0.15) is 0 Å². The Bertz CT molecular complexity index is 1460. The molecule has 1 aliphatic carbocycles. The number of amides is 2. The van der Waals surface area contributed by atoms with Gasteiger partial charge in [0, 0.05) is 17.1 Å². The minimum absolute atomic E-state index is 0.0687. The molecule has 1 fully saturated rings. The molecule has 4 rings (SSSR count). The lowest BCUT2D eigenvalue weighted by atomic mass is 9.95. The first-order chi connectivity index (χ1) is 20.2. The fourth-order valence-corrected chi connectivity index (χ4v) is 7.13. The first-order valence-electron chi connectivity index (χ1n) is 14.3. The van der Waals surface area contributed by atoms with Crippen LogP contribution in [0.25, 0.3) is 0 Å². The van der Waals surface area contributed by atoms with E-state index in [2.05, 4.69) is 21.2 Å². The number of carbonyl (C=O) groups excluding carboxylic acids is 2. The van der Waals surface area contributed by atoms with Crippen molar-refractivity contribution in [2.45, 2.75) is 69.0 Å². The number of hydrogen-bond donors (Lipinski definition) is 1. The van der Waals surface area contributed by atoms with Crippen molar-refractivity contribution in [2.75, 3.05) is 18.0 Å². The third kappa shape index (κ3) is 7.92. The predicted octanol–water partition coefficient (Wildman–Crippen LogP) is 5.91. The minimum Gasteiger partial charge on any atom is -0.497 e. The van der Waals surface area contributed by atoms with Gasteiger partial charge < -0.3 is 15.0 Å². The van der Waals surface area contributed by atoms with Crippen LogP contribution in [-0.2, 0) is 26.2 Å². The van der Waals surface area contributed by atoms with E-state index < -0.39 is 28.5 Å². The van der Waals surface area contributed by atoms with E-state index in [-0.39, 0.29) is 23.4 Å². The highest BCUT2D eigenvalue weighted by molar-refractivity contribution is 9.10. The average molecular weight is 657 g/mol. The molecule has 8 nitrogen and oxygen atoms in total. The van der Waals surface area contributed by atoms with Crippen molar-refractivity contribution in [1.29, 1.82) is 0 Å². The van der Waals surface area contributed by atoms with Crippen molar-refractivity contribution in [1.82, 2.24) is 10.2 Å². The van der Waals surface area contributed by atoms with E-state index in [4.69, 9.17) is 4.74 Å². The maximum atomic E-state index is 14.2. The highest BCUT2D eigenvalue weighted by atomic mass is 79.9. The predicted molar refractivity (Wildman–Crippen MR) is 168 cm³/mol. The van der Waals surface area contributed by atoms with Crippen LogP contribution in [0.4, 0.5) is 5.69 Å². The summed E-state index contributed by atoms with van der Waals surface area (Å²) in [6, 6.07) is 21.5. The lowest BCUT2D eigenvalue weighted by molar-refractivity contribution is -0.140. The van der Waals surface area contributed by atoms with Gasteiger partial charge in [0.05, 0.1) is 17.7 Å².